The molecule has 0 N–H and O–H groups in total. The van der Waals surface area contributed by atoms with Gasteiger partial charge >= 0.3 is 5.97 Å². The number of oxime groups is 1. The minimum Gasteiger partial charge on any atom is -0.319 e. The Morgan fingerprint density at radius 3 is 3.18 bits per heavy atom. The maximum atomic E-state index is 10.2. The summed E-state index contributed by atoms with van der Waals surface area (Å²) in [5.41, 5.74) is 0. The Morgan fingerprint density at radius 2 is 2.64 bits per heavy atom. The second-order valence-electron chi connectivity index (χ2n) is 1.83. The van der Waals surface area contributed by atoms with Crippen LogP contribution in [0, 0.1) is 0 Å². The molecule has 1 rings (SSSR count). The van der Waals surface area contributed by atoms with Gasteiger partial charge in [-0.25, -0.2) is 4.79 Å². The first-order valence-electron chi connectivity index (χ1n) is 3.03. The van der Waals surface area contributed by atoms with E-state index < -0.39 is 5.97 Å². The molecule has 0 aromatic carbocycles. The Bertz CT molecular complexity index is 253. The first kappa shape index (κ1) is 7.94. The molecule has 11 heavy (non-hydrogen) atoms. The van der Waals surface area contributed by atoms with Crippen LogP contribution in [-0.2, 0) is 9.63 Å². The van der Waals surface area contributed by atoms with E-state index in [0.29, 0.717) is 0 Å². The molecule has 0 amide bonds. The van der Waals surface area contributed by atoms with Crippen LogP contribution in [0.1, 0.15) is 11.8 Å². The number of carbonyl (C=O) groups excluding carboxylic acids is 1. The molecule has 0 aliphatic heterocycles. The highest BCUT2D eigenvalue weighted by molar-refractivity contribution is 7.11. The van der Waals surface area contributed by atoms with Crippen LogP contribution in [0.15, 0.2) is 22.7 Å². The smallest absolute Gasteiger partial charge is 0.319 e. The first-order valence-corrected chi connectivity index (χ1v) is 3.91. The van der Waals surface area contributed by atoms with Crippen molar-refractivity contribution < 1.29 is 9.63 Å². The molecule has 3 nitrogen and oxygen atoms in total. The number of carbonyl (C=O) groups is 1. The van der Waals surface area contributed by atoms with Crippen molar-refractivity contribution in [1.29, 1.82) is 0 Å². The fraction of sp³-hybridized carbons (Fsp3) is 0.143. The van der Waals surface area contributed by atoms with Crippen LogP contribution < -0.4 is 0 Å². The molecular weight excluding hydrogens is 162 g/mol. The Kier molecular flexibility index (Phi) is 2.80. The van der Waals surface area contributed by atoms with Gasteiger partial charge in [-0.2, -0.15) is 0 Å². The highest BCUT2D eigenvalue weighted by atomic mass is 32.1. The Balaban J connectivity index is 2.43. The Morgan fingerprint density at radius 1 is 1.82 bits per heavy atom. The summed E-state index contributed by atoms with van der Waals surface area (Å²) in [6.45, 7) is 1.31. The predicted molar refractivity (Wildman–Crippen MR) is 43.7 cm³/mol. The van der Waals surface area contributed by atoms with Gasteiger partial charge in [-0.15, -0.1) is 11.3 Å². The fourth-order valence-electron chi connectivity index (χ4n) is 0.517. The molecule has 1 aromatic rings. The zero-order valence-corrected chi connectivity index (χ0v) is 6.80. The molecule has 0 aliphatic carbocycles. The Labute approximate surface area is 68.3 Å². The molecular formula is C7H7NO2S. The molecule has 1 heterocycles. The largest absolute Gasteiger partial charge is 0.331 e. The van der Waals surface area contributed by atoms with E-state index in [1.807, 2.05) is 17.5 Å². The van der Waals surface area contributed by atoms with Crippen LogP contribution in [0.25, 0.3) is 0 Å². The third kappa shape index (κ3) is 2.95. The predicted octanol–water partition coefficient (Wildman–Crippen LogP) is 1.65. The summed E-state index contributed by atoms with van der Waals surface area (Å²) < 4.78 is 0. The number of nitrogens with zero attached hydrogens (tertiary/aromatic N) is 1. The van der Waals surface area contributed by atoms with E-state index in [4.69, 9.17) is 0 Å². The molecule has 0 bridgehead atoms. The van der Waals surface area contributed by atoms with Gasteiger partial charge in [0.05, 0.1) is 6.21 Å². The number of rotatable bonds is 2. The number of hydrogen-bond donors (Lipinski definition) is 0. The number of thiophene rings is 1. The lowest BCUT2D eigenvalue weighted by molar-refractivity contribution is -0.140. The van der Waals surface area contributed by atoms with Crippen LogP contribution in [0.5, 0.6) is 0 Å². The van der Waals surface area contributed by atoms with E-state index in [0.717, 1.165) is 4.88 Å². The number of hydrogen-bond acceptors (Lipinski definition) is 4. The molecule has 4 heteroatoms. The first-order chi connectivity index (χ1) is 5.29. The quantitative estimate of drug-likeness (QED) is 0.383. The van der Waals surface area contributed by atoms with Gasteiger partial charge in [-0.05, 0) is 11.4 Å². The molecule has 0 fully saturated rings. The van der Waals surface area contributed by atoms with Gasteiger partial charge in [-0.1, -0.05) is 11.2 Å². The van der Waals surface area contributed by atoms with Gasteiger partial charge in [-0.3, -0.25) is 0 Å². The summed E-state index contributed by atoms with van der Waals surface area (Å²) in [7, 11) is 0. The van der Waals surface area contributed by atoms with Crippen LogP contribution in [0.3, 0.4) is 0 Å². The van der Waals surface area contributed by atoms with Crippen LogP contribution in [0.4, 0.5) is 0 Å². The van der Waals surface area contributed by atoms with E-state index in [1.165, 1.54) is 24.5 Å². The molecule has 0 saturated heterocycles. The van der Waals surface area contributed by atoms with E-state index in [-0.39, 0.29) is 0 Å². The second kappa shape index (κ2) is 3.88. The summed E-state index contributed by atoms with van der Waals surface area (Å²) in [5.74, 6) is -0.405. The molecule has 0 aliphatic rings. The topological polar surface area (TPSA) is 38.7 Å². The molecule has 58 valence electrons. The van der Waals surface area contributed by atoms with Crippen LogP contribution in [-0.4, -0.2) is 12.2 Å². The molecule has 0 radical (unpaired) electrons. The molecule has 1 aromatic heterocycles. The maximum absolute atomic E-state index is 10.2. The van der Waals surface area contributed by atoms with E-state index in [2.05, 4.69) is 9.99 Å². The van der Waals surface area contributed by atoms with Gasteiger partial charge in [0.1, 0.15) is 0 Å². The van der Waals surface area contributed by atoms with Crippen molar-refractivity contribution in [3.63, 3.8) is 0 Å². The standard InChI is InChI=1S/C7H7NO2S/c1-6(9)10-8-5-7-3-2-4-11-7/h2-5H,1H3. The van der Waals surface area contributed by atoms with Gasteiger partial charge in [0, 0.05) is 11.8 Å². The van der Waals surface area contributed by atoms with Crippen molar-refractivity contribution in [2.24, 2.45) is 5.16 Å². The minimum absolute atomic E-state index is 0.405. The summed E-state index contributed by atoms with van der Waals surface area (Å²) in [4.78, 5) is 15.6. The average Bonchev–Trinajstić information content (AvgIpc) is 2.39. The van der Waals surface area contributed by atoms with Crippen molar-refractivity contribution in [1.82, 2.24) is 0 Å². The minimum atomic E-state index is -0.405. The third-order valence-electron chi connectivity index (χ3n) is 0.904. The van der Waals surface area contributed by atoms with Gasteiger partial charge in [0.2, 0.25) is 0 Å². The highest BCUT2D eigenvalue weighted by Crippen LogP contribution is 2.04. The van der Waals surface area contributed by atoms with E-state index in [9.17, 15) is 4.79 Å². The normalized spacial score (nSPS) is 10.3. The van der Waals surface area contributed by atoms with Crippen LogP contribution >= 0.6 is 11.3 Å². The van der Waals surface area contributed by atoms with Crippen LogP contribution in [0.2, 0.25) is 0 Å². The molecule has 0 unspecified atom stereocenters. The maximum Gasteiger partial charge on any atom is 0.331 e. The van der Waals surface area contributed by atoms with Gasteiger partial charge in [0.25, 0.3) is 0 Å². The lowest BCUT2D eigenvalue weighted by Crippen LogP contribution is -1.90. The summed E-state index contributed by atoms with van der Waals surface area (Å²) in [6.07, 6.45) is 1.51. The SMILES string of the molecule is CC(=O)ON=Cc1cccs1. The van der Waals surface area contributed by atoms with Gasteiger partial charge in [0.15, 0.2) is 0 Å². The van der Waals surface area contributed by atoms with Gasteiger partial charge < -0.3 is 4.84 Å². The average molecular weight is 169 g/mol. The lowest BCUT2D eigenvalue weighted by Gasteiger charge is -1.86. The lowest BCUT2D eigenvalue weighted by atomic mass is 10.5. The Hall–Kier alpha value is -1.16. The monoisotopic (exact) mass is 169 g/mol. The van der Waals surface area contributed by atoms with Crippen molar-refractivity contribution in [2.75, 3.05) is 0 Å². The zero-order chi connectivity index (χ0) is 8.10. The highest BCUT2D eigenvalue weighted by Gasteiger charge is 1.88. The zero-order valence-electron chi connectivity index (χ0n) is 5.98. The second-order valence-corrected chi connectivity index (χ2v) is 2.81. The fourth-order valence-corrected chi connectivity index (χ4v) is 1.09. The molecule has 0 spiro atoms. The molecule has 0 atom stereocenters. The van der Waals surface area contributed by atoms with Crippen molar-refractivity contribution in [3.05, 3.63) is 22.4 Å². The van der Waals surface area contributed by atoms with Crippen molar-refractivity contribution in [2.45, 2.75) is 6.92 Å². The van der Waals surface area contributed by atoms with Crippen molar-refractivity contribution >= 4 is 23.5 Å². The summed E-state index contributed by atoms with van der Waals surface area (Å²) in [5, 5.41) is 5.37. The molecule has 0 saturated carbocycles. The summed E-state index contributed by atoms with van der Waals surface area (Å²) in [6, 6.07) is 3.79. The van der Waals surface area contributed by atoms with E-state index in [1.54, 1.807) is 0 Å². The third-order valence-corrected chi connectivity index (χ3v) is 1.71. The van der Waals surface area contributed by atoms with Crippen molar-refractivity contribution in [3.8, 4) is 0 Å². The summed E-state index contributed by atoms with van der Waals surface area (Å²) >= 11 is 1.53. The van der Waals surface area contributed by atoms with E-state index >= 15 is 0 Å².